The van der Waals surface area contributed by atoms with Crippen molar-refractivity contribution in [2.24, 2.45) is 0 Å². The maximum Gasteiger partial charge on any atom is 0.233 e. The van der Waals surface area contributed by atoms with Crippen molar-refractivity contribution in [1.82, 2.24) is 24.5 Å². The minimum absolute atomic E-state index is 0.300. The number of anilines is 1. The summed E-state index contributed by atoms with van der Waals surface area (Å²) in [6.45, 7) is 2.19. The third kappa shape index (κ3) is 4.17. The van der Waals surface area contributed by atoms with Crippen molar-refractivity contribution in [1.29, 1.82) is 0 Å². The quantitative estimate of drug-likeness (QED) is 0.355. The van der Waals surface area contributed by atoms with Gasteiger partial charge in [-0.05, 0) is 58.8 Å². The fraction of sp³-hybridized carbons (Fsp3) is 0.357. The number of hydrogen-bond donors (Lipinski definition) is 1. The summed E-state index contributed by atoms with van der Waals surface area (Å²) in [5.41, 5.74) is 3.80. The summed E-state index contributed by atoms with van der Waals surface area (Å²) in [5, 5.41) is 8.01. The number of benzene rings is 1. The zero-order valence-corrected chi connectivity index (χ0v) is 21.7. The Kier molecular flexibility index (Phi) is 6.21. The number of aromatic nitrogens is 4. The topological polar surface area (TPSA) is 75.4 Å². The van der Waals surface area contributed by atoms with Crippen LogP contribution in [-0.2, 0) is 16.8 Å². The number of piperidine rings is 1. The molecule has 7 nitrogen and oxygen atoms in total. The van der Waals surface area contributed by atoms with Gasteiger partial charge in [0.1, 0.15) is 5.82 Å². The molecule has 1 amide bonds. The zero-order chi connectivity index (χ0) is 24.5. The fourth-order valence-corrected chi connectivity index (χ4v) is 5.93. The van der Waals surface area contributed by atoms with E-state index in [4.69, 9.17) is 4.98 Å². The molecule has 2 aliphatic rings. The van der Waals surface area contributed by atoms with E-state index in [1.807, 2.05) is 35.0 Å². The summed E-state index contributed by atoms with van der Waals surface area (Å²) in [5.74, 6) is 1.51. The zero-order valence-electron chi connectivity index (χ0n) is 20.1. The number of likely N-dealkylation sites (tertiary alicyclic amines) is 1. The SMILES string of the molecule is O=C(N1CCC(c2cc(NCc3cccnc3)n3ncc(Br)c3n2)CC1)C1(c2ccccc2)CCC1. The van der Waals surface area contributed by atoms with Gasteiger partial charge in [-0.2, -0.15) is 9.61 Å². The monoisotopic (exact) mass is 544 g/mol. The average Bonchev–Trinajstić information content (AvgIpc) is 3.28. The first-order valence-electron chi connectivity index (χ1n) is 12.7. The molecule has 36 heavy (non-hydrogen) atoms. The van der Waals surface area contributed by atoms with Crippen LogP contribution in [0.5, 0.6) is 0 Å². The van der Waals surface area contributed by atoms with E-state index in [2.05, 4.69) is 60.5 Å². The third-order valence-electron chi connectivity index (χ3n) is 7.79. The van der Waals surface area contributed by atoms with Gasteiger partial charge >= 0.3 is 0 Å². The molecule has 0 spiro atoms. The number of nitrogens with one attached hydrogen (secondary N) is 1. The fourth-order valence-electron chi connectivity index (χ4n) is 5.58. The van der Waals surface area contributed by atoms with Crippen LogP contribution in [0.2, 0.25) is 0 Å². The third-order valence-corrected chi connectivity index (χ3v) is 8.35. The molecule has 1 saturated heterocycles. The molecule has 8 heteroatoms. The van der Waals surface area contributed by atoms with E-state index in [-0.39, 0.29) is 5.41 Å². The smallest absolute Gasteiger partial charge is 0.233 e. The van der Waals surface area contributed by atoms with E-state index in [0.717, 1.165) is 72.4 Å². The number of amides is 1. The molecule has 4 heterocycles. The van der Waals surface area contributed by atoms with Crippen LogP contribution in [0.4, 0.5) is 5.82 Å². The number of nitrogens with zero attached hydrogens (tertiary/aromatic N) is 5. The summed E-state index contributed by atoms with van der Waals surface area (Å²) in [7, 11) is 0. The van der Waals surface area contributed by atoms with Crippen LogP contribution in [0.25, 0.3) is 5.65 Å². The Balaban J connectivity index is 1.19. The molecule has 1 aliphatic carbocycles. The number of carbonyl (C=O) groups is 1. The number of rotatable bonds is 6. The summed E-state index contributed by atoms with van der Waals surface area (Å²) in [6.07, 6.45) is 10.3. The van der Waals surface area contributed by atoms with E-state index in [1.54, 1.807) is 12.4 Å². The number of carbonyl (C=O) groups excluding carboxylic acids is 1. The molecule has 0 bridgehead atoms. The van der Waals surface area contributed by atoms with Crippen LogP contribution in [0, 0.1) is 0 Å². The lowest BCUT2D eigenvalue weighted by Gasteiger charge is -2.45. The molecule has 3 aromatic heterocycles. The predicted octanol–water partition coefficient (Wildman–Crippen LogP) is 5.33. The van der Waals surface area contributed by atoms with Gasteiger partial charge in [0.2, 0.25) is 5.91 Å². The van der Waals surface area contributed by atoms with Crippen molar-refractivity contribution >= 4 is 33.3 Å². The average molecular weight is 545 g/mol. The summed E-state index contributed by atoms with van der Waals surface area (Å²) < 4.78 is 2.71. The first-order chi connectivity index (χ1) is 17.6. The highest BCUT2D eigenvalue weighted by molar-refractivity contribution is 9.10. The van der Waals surface area contributed by atoms with Crippen molar-refractivity contribution < 1.29 is 4.79 Å². The molecule has 1 saturated carbocycles. The number of fused-ring (bicyclic) bond motifs is 1. The van der Waals surface area contributed by atoms with Crippen LogP contribution in [-0.4, -0.2) is 43.5 Å². The van der Waals surface area contributed by atoms with E-state index in [1.165, 1.54) is 5.56 Å². The van der Waals surface area contributed by atoms with Gasteiger partial charge in [0.25, 0.3) is 0 Å². The Morgan fingerprint density at radius 1 is 1.08 bits per heavy atom. The van der Waals surface area contributed by atoms with Gasteiger partial charge in [0, 0.05) is 49.7 Å². The van der Waals surface area contributed by atoms with Gasteiger partial charge < -0.3 is 10.2 Å². The Labute approximate surface area is 219 Å². The molecule has 6 rings (SSSR count). The van der Waals surface area contributed by atoms with Crippen LogP contribution in [0.3, 0.4) is 0 Å². The van der Waals surface area contributed by atoms with E-state index in [9.17, 15) is 4.79 Å². The standard InChI is InChI=1S/C28H29BrN6O/c29-23-19-32-35-25(31-18-20-6-4-13-30-17-20)16-24(33-26(23)35)21-9-14-34(15-10-21)27(36)28(11-5-12-28)22-7-2-1-3-8-22/h1-4,6-8,13,16-17,19,21,31H,5,9-12,14-15,18H2. The van der Waals surface area contributed by atoms with Crippen molar-refractivity contribution in [2.75, 3.05) is 18.4 Å². The van der Waals surface area contributed by atoms with Gasteiger partial charge in [-0.1, -0.05) is 42.8 Å². The van der Waals surface area contributed by atoms with Crippen LogP contribution >= 0.6 is 15.9 Å². The Morgan fingerprint density at radius 3 is 2.58 bits per heavy atom. The molecule has 1 aliphatic heterocycles. The van der Waals surface area contributed by atoms with Gasteiger partial charge in [-0.3, -0.25) is 9.78 Å². The second-order valence-corrected chi connectivity index (χ2v) is 10.7. The Morgan fingerprint density at radius 2 is 1.89 bits per heavy atom. The highest BCUT2D eigenvalue weighted by Crippen LogP contribution is 2.46. The van der Waals surface area contributed by atoms with Crippen molar-refractivity contribution in [3.8, 4) is 0 Å². The number of hydrogen-bond acceptors (Lipinski definition) is 5. The molecule has 4 aromatic rings. The van der Waals surface area contributed by atoms with Crippen molar-refractivity contribution in [3.05, 3.63) is 88.4 Å². The maximum absolute atomic E-state index is 13.7. The minimum Gasteiger partial charge on any atom is -0.366 e. The molecule has 1 aromatic carbocycles. The molecule has 1 N–H and O–H groups in total. The van der Waals surface area contributed by atoms with E-state index >= 15 is 0 Å². The lowest BCUT2D eigenvalue weighted by Crippen LogP contribution is -2.52. The summed E-state index contributed by atoms with van der Waals surface area (Å²) >= 11 is 3.61. The van der Waals surface area contributed by atoms with Crippen LogP contribution < -0.4 is 5.32 Å². The van der Waals surface area contributed by atoms with Gasteiger partial charge in [-0.25, -0.2) is 4.98 Å². The minimum atomic E-state index is -0.322. The lowest BCUT2D eigenvalue weighted by atomic mass is 9.63. The van der Waals surface area contributed by atoms with E-state index in [0.29, 0.717) is 18.4 Å². The van der Waals surface area contributed by atoms with Crippen molar-refractivity contribution in [3.63, 3.8) is 0 Å². The first kappa shape index (κ1) is 23.2. The highest BCUT2D eigenvalue weighted by atomic mass is 79.9. The van der Waals surface area contributed by atoms with E-state index < -0.39 is 0 Å². The predicted molar refractivity (Wildman–Crippen MR) is 143 cm³/mol. The van der Waals surface area contributed by atoms with Crippen molar-refractivity contribution in [2.45, 2.75) is 50.0 Å². The molecule has 0 atom stereocenters. The normalized spacial score (nSPS) is 17.6. The summed E-state index contributed by atoms with van der Waals surface area (Å²) in [6, 6.07) is 16.5. The van der Waals surface area contributed by atoms with Crippen LogP contribution in [0.1, 0.15) is 54.8 Å². The first-order valence-corrected chi connectivity index (χ1v) is 13.5. The van der Waals surface area contributed by atoms with Gasteiger partial charge in [0.05, 0.1) is 16.1 Å². The van der Waals surface area contributed by atoms with Crippen LogP contribution in [0.15, 0.2) is 71.6 Å². The molecule has 0 radical (unpaired) electrons. The maximum atomic E-state index is 13.7. The second-order valence-electron chi connectivity index (χ2n) is 9.88. The van der Waals surface area contributed by atoms with Gasteiger partial charge in [-0.15, -0.1) is 0 Å². The molecule has 184 valence electrons. The molecular weight excluding hydrogens is 516 g/mol. The molecular formula is C28H29BrN6O. The van der Waals surface area contributed by atoms with Gasteiger partial charge in [0.15, 0.2) is 5.65 Å². The largest absolute Gasteiger partial charge is 0.366 e. The highest BCUT2D eigenvalue weighted by Gasteiger charge is 2.48. The number of halogens is 1. The molecule has 0 unspecified atom stereocenters. The molecule has 2 fully saturated rings. The number of pyridine rings is 1. The Bertz CT molecular complexity index is 1360. The Hall–Kier alpha value is -3.26. The summed E-state index contributed by atoms with van der Waals surface area (Å²) in [4.78, 5) is 25.0. The lowest BCUT2D eigenvalue weighted by molar-refractivity contribution is -0.142. The second kappa shape index (κ2) is 9.65.